The maximum atomic E-state index is 13.8. The van der Waals surface area contributed by atoms with Gasteiger partial charge < -0.3 is 5.73 Å². The number of aromatic nitrogens is 2. The molecule has 1 heterocycles. The molecule has 0 radical (unpaired) electrons. The first-order valence-electron chi connectivity index (χ1n) is 5.31. The van der Waals surface area contributed by atoms with Crippen LogP contribution in [0.4, 0.5) is 8.78 Å². The summed E-state index contributed by atoms with van der Waals surface area (Å²) >= 11 is 0. The van der Waals surface area contributed by atoms with E-state index in [1.807, 2.05) is 6.92 Å². The molecule has 0 bridgehead atoms. The van der Waals surface area contributed by atoms with E-state index in [0.717, 1.165) is 5.56 Å². The van der Waals surface area contributed by atoms with E-state index in [-0.39, 0.29) is 5.69 Å². The van der Waals surface area contributed by atoms with Gasteiger partial charge in [0.05, 0.1) is 6.20 Å². The highest BCUT2D eigenvalue weighted by Crippen LogP contribution is 2.19. The smallest absolute Gasteiger partial charge is 0.152 e. The second-order valence-electron chi connectivity index (χ2n) is 3.91. The maximum absolute atomic E-state index is 13.8. The second-order valence-corrected chi connectivity index (χ2v) is 3.91. The predicted molar refractivity (Wildman–Crippen MR) is 61.0 cm³/mol. The molecule has 0 fully saturated rings. The lowest BCUT2D eigenvalue weighted by Gasteiger charge is -2.07. The first-order valence-corrected chi connectivity index (χ1v) is 5.31. The van der Waals surface area contributed by atoms with Gasteiger partial charge in [0.1, 0.15) is 5.69 Å². The number of hydrogen-bond acceptors (Lipinski definition) is 2. The molecule has 0 saturated carbocycles. The SMILES string of the molecule is Cc1cnn(-c2c(F)cc(CCN)cc2F)c1. The summed E-state index contributed by atoms with van der Waals surface area (Å²) in [6.45, 7) is 2.17. The topological polar surface area (TPSA) is 43.8 Å². The molecule has 0 saturated heterocycles. The van der Waals surface area contributed by atoms with Crippen LogP contribution in [0.25, 0.3) is 5.69 Å². The van der Waals surface area contributed by atoms with Gasteiger partial charge in [-0.1, -0.05) is 0 Å². The first kappa shape index (κ1) is 11.7. The van der Waals surface area contributed by atoms with Gasteiger partial charge in [0, 0.05) is 6.20 Å². The van der Waals surface area contributed by atoms with Crippen LogP contribution in [-0.4, -0.2) is 16.3 Å². The largest absolute Gasteiger partial charge is 0.330 e. The molecule has 0 atom stereocenters. The van der Waals surface area contributed by atoms with Gasteiger partial charge in [-0.2, -0.15) is 5.10 Å². The Kier molecular flexibility index (Phi) is 3.19. The second kappa shape index (κ2) is 4.63. The molecule has 90 valence electrons. The van der Waals surface area contributed by atoms with Crippen LogP contribution in [0.15, 0.2) is 24.5 Å². The number of benzene rings is 1. The minimum absolute atomic E-state index is 0.154. The monoisotopic (exact) mass is 237 g/mol. The lowest BCUT2D eigenvalue weighted by atomic mass is 10.1. The number of rotatable bonds is 3. The molecule has 2 N–H and O–H groups in total. The van der Waals surface area contributed by atoms with Crippen LogP contribution in [0.1, 0.15) is 11.1 Å². The van der Waals surface area contributed by atoms with Crippen LogP contribution in [0.5, 0.6) is 0 Å². The van der Waals surface area contributed by atoms with Crippen molar-refractivity contribution in [3.8, 4) is 5.69 Å². The van der Waals surface area contributed by atoms with E-state index in [1.54, 1.807) is 12.4 Å². The van der Waals surface area contributed by atoms with Crippen molar-refractivity contribution >= 4 is 0 Å². The highest BCUT2D eigenvalue weighted by molar-refractivity contribution is 5.38. The van der Waals surface area contributed by atoms with Crippen molar-refractivity contribution in [2.45, 2.75) is 13.3 Å². The molecular weight excluding hydrogens is 224 g/mol. The Bertz CT molecular complexity index is 511. The molecule has 17 heavy (non-hydrogen) atoms. The molecule has 1 aromatic heterocycles. The zero-order valence-corrected chi connectivity index (χ0v) is 9.45. The van der Waals surface area contributed by atoms with Crippen molar-refractivity contribution in [2.24, 2.45) is 5.73 Å². The number of halogens is 2. The molecule has 0 aliphatic rings. The molecule has 5 heteroatoms. The van der Waals surface area contributed by atoms with Crippen molar-refractivity contribution in [3.63, 3.8) is 0 Å². The fourth-order valence-corrected chi connectivity index (χ4v) is 1.68. The first-order chi connectivity index (χ1) is 8.11. The molecule has 0 aliphatic carbocycles. The van der Waals surface area contributed by atoms with Gasteiger partial charge in [0.15, 0.2) is 11.6 Å². The highest BCUT2D eigenvalue weighted by atomic mass is 19.1. The van der Waals surface area contributed by atoms with Gasteiger partial charge in [-0.05, 0) is 43.1 Å². The van der Waals surface area contributed by atoms with Crippen molar-refractivity contribution in [3.05, 3.63) is 47.3 Å². The standard InChI is InChI=1S/C12H13F2N3/c1-8-6-16-17(7-8)12-10(13)4-9(2-3-15)5-11(12)14/h4-7H,2-3,15H2,1H3. The summed E-state index contributed by atoms with van der Waals surface area (Å²) in [6, 6.07) is 2.59. The van der Waals surface area contributed by atoms with Crippen LogP contribution in [-0.2, 0) is 6.42 Å². The summed E-state index contributed by atoms with van der Waals surface area (Å²) in [5, 5.41) is 3.90. The van der Waals surface area contributed by atoms with E-state index in [2.05, 4.69) is 5.10 Å². The van der Waals surface area contributed by atoms with Crippen LogP contribution in [0.3, 0.4) is 0 Å². The Hall–Kier alpha value is -1.75. The third-order valence-corrected chi connectivity index (χ3v) is 2.45. The van der Waals surface area contributed by atoms with E-state index >= 15 is 0 Å². The summed E-state index contributed by atoms with van der Waals surface area (Å²) in [5.41, 5.74) is 6.59. The summed E-state index contributed by atoms with van der Waals surface area (Å²) in [7, 11) is 0. The van der Waals surface area contributed by atoms with Crippen molar-refractivity contribution in [1.29, 1.82) is 0 Å². The maximum Gasteiger partial charge on any atom is 0.152 e. The Labute approximate surface area is 97.9 Å². The third-order valence-electron chi connectivity index (χ3n) is 2.45. The molecular formula is C12H13F2N3. The van der Waals surface area contributed by atoms with Crippen LogP contribution >= 0.6 is 0 Å². The van der Waals surface area contributed by atoms with Crippen molar-refractivity contribution < 1.29 is 8.78 Å². The molecule has 1 aromatic carbocycles. The Balaban J connectivity index is 2.48. The number of nitrogens with zero attached hydrogens (tertiary/aromatic N) is 2. The van der Waals surface area contributed by atoms with Gasteiger partial charge in [-0.15, -0.1) is 0 Å². The fourth-order valence-electron chi connectivity index (χ4n) is 1.68. The van der Waals surface area contributed by atoms with Crippen LogP contribution in [0, 0.1) is 18.6 Å². The quantitative estimate of drug-likeness (QED) is 0.886. The van der Waals surface area contributed by atoms with E-state index in [0.29, 0.717) is 18.5 Å². The van der Waals surface area contributed by atoms with Gasteiger partial charge >= 0.3 is 0 Å². The van der Waals surface area contributed by atoms with Crippen molar-refractivity contribution in [1.82, 2.24) is 9.78 Å². The molecule has 0 amide bonds. The molecule has 3 nitrogen and oxygen atoms in total. The lowest BCUT2D eigenvalue weighted by Crippen LogP contribution is -2.07. The summed E-state index contributed by atoms with van der Waals surface area (Å²) < 4.78 is 28.8. The van der Waals surface area contributed by atoms with Gasteiger partial charge in [-0.3, -0.25) is 0 Å². The van der Waals surface area contributed by atoms with E-state index in [4.69, 9.17) is 5.73 Å². The Morgan fingerprint density at radius 2 is 1.94 bits per heavy atom. The van der Waals surface area contributed by atoms with E-state index < -0.39 is 11.6 Å². The van der Waals surface area contributed by atoms with Gasteiger partial charge in [0.2, 0.25) is 0 Å². The summed E-state index contributed by atoms with van der Waals surface area (Å²) in [5.74, 6) is -1.26. The number of aryl methyl sites for hydroxylation is 1. The average molecular weight is 237 g/mol. The minimum atomic E-state index is -0.628. The van der Waals surface area contributed by atoms with Crippen molar-refractivity contribution in [2.75, 3.05) is 6.54 Å². The van der Waals surface area contributed by atoms with Crippen LogP contribution in [0.2, 0.25) is 0 Å². The zero-order chi connectivity index (χ0) is 12.4. The Morgan fingerprint density at radius 1 is 1.29 bits per heavy atom. The number of hydrogen-bond donors (Lipinski definition) is 1. The molecule has 0 spiro atoms. The summed E-state index contributed by atoms with van der Waals surface area (Å²) in [4.78, 5) is 0. The third kappa shape index (κ3) is 2.34. The molecule has 0 unspecified atom stereocenters. The normalized spacial score (nSPS) is 10.8. The minimum Gasteiger partial charge on any atom is -0.330 e. The highest BCUT2D eigenvalue weighted by Gasteiger charge is 2.13. The lowest BCUT2D eigenvalue weighted by molar-refractivity contribution is 0.557. The van der Waals surface area contributed by atoms with Crippen LogP contribution < -0.4 is 5.73 Å². The Morgan fingerprint density at radius 3 is 2.41 bits per heavy atom. The molecule has 0 aliphatic heterocycles. The number of nitrogens with two attached hydrogens (primary N) is 1. The van der Waals surface area contributed by atoms with Gasteiger partial charge in [-0.25, -0.2) is 13.5 Å². The summed E-state index contributed by atoms with van der Waals surface area (Å²) in [6.07, 6.45) is 3.57. The van der Waals surface area contributed by atoms with E-state index in [1.165, 1.54) is 16.8 Å². The van der Waals surface area contributed by atoms with Gasteiger partial charge in [0.25, 0.3) is 0 Å². The molecule has 2 aromatic rings. The zero-order valence-electron chi connectivity index (χ0n) is 9.45. The van der Waals surface area contributed by atoms with E-state index in [9.17, 15) is 8.78 Å². The predicted octanol–water partition coefficient (Wildman–Crippen LogP) is 1.96. The fraction of sp³-hybridized carbons (Fsp3) is 0.250. The molecule has 2 rings (SSSR count). The average Bonchev–Trinajstić information content (AvgIpc) is 2.64.